The summed E-state index contributed by atoms with van der Waals surface area (Å²) in [6.45, 7) is 1.66. The van der Waals surface area contributed by atoms with E-state index in [2.05, 4.69) is 0 Å². The van der Waals surface area contributed by atoms with Gasteiger partial charge in [0.1, 0.15) is 12.6 Å². The first-order valence-electron chi connectivity index (χ1n) is 6.96. The van der Waals surface area contributed by atoms with E-state index in [4.69, 9.17) is 4.74 Å². The molecule has 0 fully saturated rings. The maximum Gasteiger partial charge on any atom is 0.325 e. The lowest BCUT2D eigenvalue weighted by atomic mass is 10.1. The number of nitrogens with zero attached hydrogens (tertiary/aromatic N) is 2. The molecular weight excluding hydrogens is 334 g/mol. The van der Waals surface area contributed by atoms with Crippen LogP contribution in [-0.2, 0) is 26.1 Å². The first-order valence-corrected chi connectivity index (χ1v) is 8.85. The molecule has 0 spiro atoms. The van der Waals surface area contributed by atoms with E-state index in [1.165, 1.54) is 22.9 Å². The maximum absolute atomic E-state index is 12.2. The number of rotatable bonds is 5. The highest BCUT2D eigenvalue weighted by atomic mass is 32.2. The smallest absolute Gasteiger partial charge is 0.325 e. The van der Waals surface area contributed by atoms with E-state index in [-0.39, 0.29) is 24.3 Å². The second-order valence-corrected chi connectivity index (χ2v) is 6.74. The summed E-state index contributed by atoms with van der Waals surface area (Å²) in [6, 6.07) is 6.56. The van der Waals surface area contributed by atoms with Gasteiger partial charge in [-0.05, 0) is 13.0 Å². The number of amides is 1. The molecule has 0 radical (unpaired) electrons. The van der Waals surface area contributed by atoms with Crippen LogP contribution < -0.4 is 4.72 Å². The van der Waals surface area contributed by atoms with Crippen molar-refractivity contribution in [3.63, 3.8) is 0 Å². The highest BCUT2D eigenvalue weighted by Crippen LogP contribution is 2.25. The molecule has 1 heterocycles. The fraction of sp³-hybridized carbons (Fsp3) is 0.267. The Hall–Kier alpha value is -2.86. The summed E-state index contributed by atoms with van der Waals surface area (Å²) in [6.07, 6.45) is 2.29. The normalized spacial score (nSPS) is 11.0. The topological polar surface area (TPSA) is 118 Å². The highest BCUT2D eigenvalue weighted by molar-refractivity contribution is 7.89. The average molecular weight is 349 g/mol. The van der Waals surface area contributed by atoms with Gasteiger partial charge in [0, 0.05) is 11.6 Å². The third-order valence-electron chi connectivity index (χ3n) is 3.15. The Bertz CT molecular complexity index is 953. The van der Waals surface area contributed by atoms with Gasteiger partial charge in [0.15, 0.2) is 0 Å². The monoisotopic (exact) mass is 349 g/mol. The van der Waals surface area contributed by atoms with Gasteiger partial charge < -0.3 is 9.30 Å². The molecule has 0 saturated heterocycles. The molecule has 24 heavy (non-hydrogen) atoms. The fourth-order valence-corrected chi connectivity index (χ4v) is 2.77. The van der Waals surface area contributed by atoms with Gasteiger partial charge in [-0.3, -0.25) is 9.59 Å². The van der Waals surface area contributed by atoms with E-state index in [9.17, 15) is 23.3 Å². The number of carbonyl (C=O) groups is 2. The number of nitrogens with one attached hydrogen (secondary N) is 1. The van der Waals surface area contributed by atoms with Crippen LogP contribution in [0.25, 0.3) is 10.9 Å². The van der Waals surface area contributed by atoms with Crippen molar-refractivity contribution in [3.8, 4) is 6.07 Å². The summed E-state index contributed by atoms with van der Waals surface area (Å²) >= 11 is 0. The predicted octanol–water partition coefficient (Wildman–Crippen LogP) is 0.765. The molecule has 9 heteroatoms. The van der Waals surface area contributed by atoms with Gasteiger partial charge in [-0.25, -0.2) is 13.1 Å². The summed E-state index contributed by atoms with van der Waals surface area (Å²) in [7, 11) is -3.75. The van der Waals surface area contributed by atoms with E-state index >= 15 is 0 Å². The third-order valence-corrected chi connectivity index (χ3v) is 3.70. The number of aromatic nitrogens is 1. The van der Waals surface area contributed by atoms with E-state index in [1.807, 2.05) is 10.8 Å². The molecule has 0 atom stereocenters. The predicted molar refractivity (Wildman–Crippen MR) is 85.6 cm³/mol. The van der Waals surface area contributed by atoms with Gasteiger partial charge in [0.2, 0.25) is 10.0 Å². The molecule has 0 saturated carbocycles. The molecule has 126 valence electrons. The van der Waals surface area contributed by atoms with Crippen molar-refractivity contribution < 1.29 is 22.7 Å². The minimum atomic E-state index is -3.75. The molecule has 0 aliphatic rings. The van der Waals surface area contributed by atoms with E-state index < -0.39 is 21.9 Å². The average Bonchev–Trinajstić information content (AvgIpc) is 2.83. The minimum Gasteiger partial charge on any atom is -0.465 e. The zero-order chi connectivity index (χ0) is 17.9. The Morgan fingerprint density at radius 1 is 1.38 bits per heavy atom. The van der Waals surface area contributed by atoms with Gasteiger partial charge in [0.25, 0.3) is 5.91 Å². The van der Waals surface area contributed by atoms with Crippen LogP contribution in [0.2, 0.25) is 0 Å². The van der Waals surface area contributed by atoms with Crippen molar-refractivity contribution in [2.75, 3.05) is 12.9 Å². The number of esters is 1. The molecule has 0 bridgehead atoms. The van der Waals surface area contributed by atoms with Crippen molar-refractivity contribution >= 4 is 32.8 Å². The number of hydrogen-bond donors (Lipinski definition) is 1. The molecular formula is C15H15N3O5S. The first-order chi connectivity index (χ1) is 11.3. The standard InChI is InChI=1S/C15H15N3O5S/c1-3-23-13(19)9-18-8-10(7-16)11-5-4-6-12(14(11)18)15(20)17-24(2,21)22/h4-6,8H,3,9H2,1-2H3,(H,17,20). The number of benzene rings is 1. The number of nitriles is 1. The van der Waals surface area contributed by atoms with Crippen LogP contribution in [0.1, 0.15) is 22.8 Å². The Morgan fingerprint density at radius 2 is 2.08 bits per heavy atom. The Balaban J connectivity index is 2.60. The fourth-order valence-electron chi connectivity index (χ4n) is 2.33. The lowest BCUT2D eigenvalue weighted by Crippen LogP contribution is -2.29. The number of para-hydroxylation sites is 1. The molecule has 1 amide bonds. The number of hydrogen-bond acceptors (Lipinski definition) is 6. The van der Waals surface area contributed by atoms with Crippen LogP contribution in [0.15, 0.2) is 24.4 Å². The molecule has 1 aromatic heterocycles. The van der Waals surface area contributed by atoms with Crippen LogP contribution >= 0.6 is 0 Å². The molecule has 2 aromatic rings. The summed E-state index contributed by atoms with van der Waals surface area (Å²) in [5.41, 5.74) is 0.607. The second kappa shape index (κ2) is 6.72. The van der Waals surface area contributed by atoms with Crippen LogP contribution in [0.4, 0.5) is 0 Å². The largest absolute Gasteiger partial charge is 0.465 e. The van der Waals surface area contributed by atoms with Crippen LogP contribution in [0.5, 0.6) is 0 Å². The van der Waals surface area contributed by atoms with Gasteiger partial charge >= 0.3 is 5.97 Å². The summed E-state index contributed by atoms with van der Waals surface area (Å²) in [5, 5.41) is 9.67. The summed E-state index contributed by atoms with van der Waals surface area (Å²) < 4.78 is 30.8. The lowest BCUT2D eigenvalue weighted by molar-refractivity contribution is -0.143. The highest BCUT2D eigenvalue weighted by Gasteiger charge is 2.20. The number of carbonyl (C=O) groups excluding carboxylic acids is 2. The molecule has 8 nitrogen and oxygen atoms in total. The van der Waals surface area contributed by atoms with Gasteiger partial charge in [0.05, 0.1) is 29.5 Å². The van der Waals surface area contributed by atoms with Gasteiger partial charge in [-0.1, -0.05) is 12.1 Å². The molecule has 0 unspecified atom stereocenters. The molecule has 0 aliphatic heterocycles. The Kier molecular flexibility index (Phi) is 4.90. The SMILES string of the molecule is CCOC(=O)Cn1cc(C#N)c2cccc(C(=O)NS(C)(=O)=O)c21. The van der Waals surface area contributed by atoms with Crippen molar-refractivity contribution in [1.29, 1.82) is 5.26 Å². The van der Waals surface area contributed by atoms with Crippen LogP contribution in [-0.4, -0.2) is 37.7 Å². The van der Waals surface area contributed by atoms with Gasteiger partial charge in [-0.15, -0.1) is 0 Å². The number of ether oxygens (including phenoxy) is 1. The van der Waals surface area contributed by atoms with Gasteiger partial charge in [-0.2, -0.15) is 5.26 Å². The van der Waals surface area contributed by atoms with Crippen molar-refractivity contribution in [2.45, 2.75) is 13.5 Å². The minimum absolute atomic E-state index is 0.0451. The summed E-state index contributed by atoms with van der Waals surface area (Å²) in [5.74, 6) is -1.37. The second-order valence-electron chi connectivity index (χ2n) is 4.99. The first kappa shape index (κ1) is 17.5. The zero-order valence-electron chi connectivity index (χ0n) is 13.1. The lowest BCUT2D eigenvalue weighted by Gasteiger charge is -2.09. The Labute approximate surface area is 138 Å². The van der Waals surface area contributed by atoms with Crippen molar-refractivity contribution in [2.24, 2.45) is 0 Å². The third kappa shape index (κ3) is 3.72. The Morgan fingerprint density at radius 3 is 2.67 bits per heavy atom. The molecule has 2 rings (SSSR count). The zero-order valence-corrected chi connectivity index (χ0v) is 13.9. The molecule has 1 N–H and O–H groups in total. The van der Waals surface area contributed by atoms with E-state index in [0.29, 0.717) is 10.9 Å². The van der Waals surface area contributed by atoms with E-state index in [0.717, 1.165) is 6.26 Å². The van der Waals surface area contributed by atoms with Crippen molar-refractivity contribution in [1.82, 2.24) is 9.29 Å². The maximum atomic E-state index is 12.2. The molecule has 0 aliphatic carbocycles. The van der Waals surface area contributed by atoms with E-state index in [1.54, 1.807) is 13.0 Å². The number of sulfonamides is 1. The summed E-state index contributed by atoms with van der Waals surface area (Å²) in [4.78, 5) is 24.0. The number of fused-ring (bicyclic) bond motifs is 1. The van der Waals surface area contributed by atoms with Crippen LogP contribution in [0.3, 0.4) is 0 Å². The van der Waals surface area contributed by atoms with Crippen LogP contribution in [0, 0.1) is 11.3 Å². The quantitative estimate of drug-likeness (QED) is 0.796. The van der Waals surface area contributed by atoms with Crippen molar-refractivity contribution in [3.05, 3.63) is 35.5 Å². The molecule has 1 aromatic carbocycles.